The zero-order valence-corrected chi connectivity index (χ0v) is 11.1. The maximum absolute atomic E-state index is 13.6. The van der Waals surface area contributed by atoms with Gasteiger partial charge < -0.3 is 15.6 Å². The van der Waals surface area contributed by atoms with Crippen LogP contribution in [-0.4, -0.2) is 22.0 Å². The Hall–Kier alpha value is -2.67. The predicted octanol–water partition coefficient (Wildman–Crippen LogP) is 2.46. The van der Waals surface area contributed by atoms with E-state index in [1.165, 1.54) is 12.1 Å². The van der Waals surface area contributed by atoms with Gasteiger partial charge in [-0.2, -0.15) is 0 Å². The molecule has 1 amide bonds. The summed E-state index contributed by atoms with van der Waals surface area (Å²) in [6, 6.07) is 4.80. The minimum atomic E-state index is -1.21. The minimum Gasteiger partial charge on any atom is -0.478 e. The van der Waals surface area contributed by atoms with Gasteiger partial charge in [0.05, 0.1) is 5.56 Å². The number of aromatic nitrogens is 1. The average Bonchev–Trinajstić information content (AvgIpc) is 2.40. The molecule has 0 saturated heterocycles. The second-order valence-electron chi connectivity index (χ2n) is 3.90. The van der Waals surface area contributed by atoms with Crippen LogP contribution in [0.5, 0.6) is 11.6 Å². The lowest BCUT2D eigenvalue weighted by Crippen LogP contribution is -2.14. The van der Waals surface area contributed by atoms with Gasteiger partial charge in [-0.15, -0.1) is 0 Å². The monoisotopic (exact) mass is 310 g/mol. The van der Waals surface area contributed by atoms with E-state index in [2.05, 4.69) is 4.98 Å². The number of ether oxygens (including phenoxy) is 1. The third kappa shape index (κ3) is 3.09. The molecule has 0 spiro atoms. The number of carbonyl (C=O) groups excluding carboxylic acids is 1. The molecule has 21 heavy (non-hydrogen) atoms. The van der Waals surface area contributed by atoms with Gasteiger partial charge in [-0.05, 0) is 18.2 Å². The van der Waals surface area contributed by atoms with Crippen molar-refractivity contribution in [2.75, 3.05) is 0 Å². The number of hydrogen-bond donors (Lipinski definition) is 2. The number of nitrogens with two attached hydrogens (primary N) is 1. The Morgan fingerprint density at radius 2 is 2.10 bits per heavy atom. The van der Waals surface area contributed by atoms with Crippen molar-refractivity contribution in [3.8, 4) is 11.6 Å². The second-order valence-corrected chi connectivity index (χ2v) is 4.30. The van der Waals surface area contributed by atoms with Gasteiger partial charge in [-0.3, -0.25) is 4.79 Å². The van der Waals surface area contributed by atoms with E-state index in [1.807, 2.05) is 0 Å². The third-order valence-corrected chi connectivity index (χ3v) is 2.75. The van der Waals surface area contributed by atoms with Crippen LogP contribution in [0.3, 0.4) is 0 Å². The SMILES string of the molecule is NC(=O)c1c(F)cccc1Oc1ncc(C(=O)O)cc1Cl. The molecule has 108 valence electrons. The number of benzene rings is 1. The molecule has 0 fully saturated rings. The van der Waals surface area contributed by atoms with E-state index in [1.54, 1.807) is 0 Å². The zero-order valence-electron chi connectivity index (χ0n) is 10.3. The molecule has 2 aromatic rings. The zero-order chi connectivity index (χ0) is 15.6. The average molecular weight is 311 g/mol. The van der Waals surface area contributed by atoms with Gasteiger partial charge in [0.2, 0.25) is 5.88 Å². The fraction of sp³-hybridized carbons (Fsp3) is 0. The van der Waals surface area contributed by atoms with E-state index in [0.717, 1.165) is 18.3 Å². The number of amides is 1. The summed E-state index contributed by atoms with van der Waals surface area (Å²) in [6.45, 7) is 0. The van der Waals surface area contributed by atoms with Crippen LogP contribution >= 0.6 is 11.6 Å². The summed E-state index contributed by atoms with van der Waals surface area (Å²) >= 11 is 5.83. The standard InChI is InChI=1S/C13H8ClFN2O4/c14-7-4-6(13(19)20)5-17-12(7)21-9-3-1-2-8(15)10(9)11(16)18/h1-5H,(H2,16,18)(H,19,20). The number of primary amides is 1. The normalized spacial score (nSPS) is 10.2. The maximum Gasteiger partial charge on any atom is 0.337 e. The molecule has 0 unspecified atom stereocenters. The van der Waals surface area contributed by atoms with Crippen LogP contribution in [0.4, 0.5) is 4.39 Å². The van der Waals surface area contributed by atoms with Crippen molar-refractivity contribution in [3.05, 3.63) is 52.4 Å². The fourth-order valence-corrected chi connectivity index (χ4v) is 1.76. The lowest BCUT2D eigenvalue weighted by molar-refractivity contribution is 0.0696. The van der Waals surface area contributed by atoms with Gasteiger partial charge in [0, 0.05) is 6.20 Å². The highest BCUT2D eigenvalue weighted by Gasteiger charge is 2.18. The van der Waals surface area contributed by atoms with E-state index in [-0.39, 0.29) is 22.2 Å². The lowest BCUT2D eigenvalue weighted by atomic mass is 10.2. The van der Waals surface area contributed by atoms with Crippen molar-refractivity contribution < 1.29 is 23.8 Å². The van der Waals surface area contributed by atoms with Gasteiger partial charge in [0.25, 0.3) is 5.91 Å². The Labute approximate surface area is 122 Å². The number of rotatable bonds is 4. The number of nitrogens with zero attached hydrogens (tertiary/aromatic N) is 1. The number of carboxylic acid groups (broad SMARTS) is 1. The van der Waals surface area contributed by atoms with Crippen LogP contribution in [0.15, 0.2) is 30.5 Å². The topological polar surface area (TPSA) is 103 Å². The van der Waals surface area contributed by atoms with E-state index in [9.17, 15) is 14.0 Å². The Balaban J connectivity index is 2.42. The molecule has 0 aliphatic heterocycles. The quantitative estimate of drug-likeness (QED) is 0.903. The summed E-state index contributed by atoms with van der Waals surface area (Å²) < 4.78 is 18.8. The smallest absolute Gasteiger partial charge is 0.337 e. The third-order valence-electron chi connectivity index (χ3n) is 2.48. The molecule has 0 radical (unpaired) electrons. The maximum atomic E-state index is 13.6. The van der Waals surface area contributed by atoms with Crippen molar-refractivity contribution in [1.82, 2.24) is 4.98 Å². The van der Waals surface area contributed by atoms with Crippen LogP contribution < -0.4 is 10.5 Å². The highest BCUT2D eigenvalue weighted by atomic mass is 35.5. The largest absolute Gasteiger partial charge is 0.478 e. The molecule has 0 aliphatic rings. The summed E-state index contributed by atoms with van der Waals surface area (Å²) in [7, 11) is 0. The van der Waals surface area contributed by atoms with Crippen LogP contribution in [0, 0.1) is 5.82 Å². The summed E-state index contributed by atoms with van der Waals surface area (Å²) in [5.41, 5.74) is 4.50. The molecule has 0 atom stereocenters. The Morgan fingerprint density at radius 3 is 2.67 bits per heavy atom. The first kappa shape index (κ1) is 14.7. The summed E-state index contributed by atoms with van der Waals surface area (Å²) in [5, 5.41) is 8.69. The Morgan fingerprint density at radius 1 is 1.38 bits per heavy atom. The molecular formula is C13H8ClFN2O4. The number of carboxylic acids is 1. The molecule has 2 rings (SSSR count). The van der Waals surface area contributed by atoms with Gasteiger partial charge in [-0.1, -0.05) is 17.7 Å². The molecule has 0 aliphatic carbocycles. The molecular weight excluding hydrogens is 303 g/mol. The minimum absolute atomic E-state index is 0.102. The van der Waals surface area contributed by atoms with E-state index in [4.69, 9.17) is 27.2 Å². The van der Waals surface area contributed by atoms with Crippen LogP contribution in [0.1, 0.15) is 20.7 Å². The molecule has 1 aromatic heterocycles. The van der Waals surface area contributed by atoms with Gasteiger partial charge in [0.15, 0.2) is 0 Å². The molecule has 8 heteroatoms. The fourth-order valence-electron chi connectivity index (χ4n) is 1.55. The second kappa shape index (κ2) is 5.76. The number of hydrogen-bond acceptors (Lipinski definition) is 4. The van der Waals surface area contributed by atoms with Gasteiger partial charge in [-0.25, -0.2) is 14.2 Å². The lowest BCUT2D eigenvalue weighted by Gasteiger charge is -2.10. The number of halogens is 2. The van der Waals surface area contributed by atoms with Gasteiger partial charge in [0.1, 0.15) is 22.2 Å². The molecule has 6 nitrogen and oxygen atoms in total. The van der Waals surface area contributed by atoms with Crippen molar-refractivity contribution >= 4 is 23.5 Å². The number of pyridine rings is 1. The first-order valence-electron chi connectivity index (χ1n) is 5.55. The number of aromatic carboxylic acids is 1. The first-order chi connectivity index (χ1) is 9.90. The van der Waals surface area contributed by atoms with Crippen LogP contribution in [0.25, 0.3) is 0 Å². The Bertz CT molecular complexity index is 736. The molecule has 1 heterocycles. The van der Waals surface area contributed by atoms with Crippen LogP contribution in [-0.2, 0) is 0 Å². The van der Waals surface area contributed by atoms with Gasteiger partial charge >= 0.3 is 5.97 Å². The predicted molar refractivity (Wildman–Crippen MR) is 71.2 cm³/mol. The molecule has 0 bridgehead atoms. The summed E-state index contributed by atoms with van der Waals surface area (Å²) in [5.74, 6) is -3.41. The highest BCUT2D eigenvalue weighted by molar-refractivity contribution is 6.32. The molecule has 0 saturated carbocycles. The molecule has 3 N–H and O–H groups in total. The van der Waals surface area contributed by atoms with Crippen molar-refractivity contribution in [1.29, 1.82) is 0 Å². The summed E-state index contributed by atoms with van der Waals surface area (Å²) in [6.07, 6.45) is 1.02. The highest BCUT2D eigenvalue weighted by Crippen LogP contribution is 2.30. The van der Waals surface area contributed by atoms with Crippen molar-refractivity contribution in [3.63, 3.8) is 0 Å². The van der Waals surface area contributed by atoms with Crippen molar-refractivity contribution in [2.24, 2.45) is 5.73 Å². The number of carbonyl (C=O) groups is 2. The van der Waals surface area contributed by atoms with Crippen LogP contribution in [0.2, 0.25) is 5.02 Å². The first-order valence-corrected chi connectivity index (χ1v) is 5.93. The van der Waals surface area contributed by atoms with E-state index >= 15 is 0 Å². The summed E-state index contributed by atoms with van der Waals surface area (Å²) in [4.78, 5) is 25.7. The molecule has 1 aromatic carbocycles. The van der Waals surface area contributed by atoms with E-state index < -0.39 is 23.3 Å². The van der Waals surface area contributed by atoms with E-state index in [0.29, 0.717) is 0 Å². The van der Waals surface area contributed by atoms with Crippen molar-refractivity contribution in [2.45, 2.75) is 0 Å². The Kier molecular flexibility index (Phi) is 4.04.